The first kappa shape index (κ1) is 10.9. The molecule has 4 atom stereocenters. The van der Waals surface area contributed by atoms with E-state index in [1.807, 2.05) is 20.8 Å². The molecule has 0 saturated carbocycles. The zero-order chi connectivity index (χ0) is 10.2. The molecule has 5 N–H and O–H groups in total. The van der Waals surface area contributed by atoms with Crippen LogP contribution in [0.25, 0.3) is 0 Å². The molecule has 4 heteroatoms. The summed E-state index contributed by atoms with van der Waals surface area (Å²) in [5.41, 5.74) is 10.9. The topological polar surface area (TPSA) is 81.5 Å². The van der Waals surface area contributed by atoms with Gasteiger partial charge in [-0.15, -0.1) is 0 Å². The van der Waals surface area contributed by atoms with Crippen LogP contribution in [0.2, 0.25) is 0 Å². The van der Waals surface area contributed by atoms with Gasteiger partial charge in [0.05, 0.1) is 23.9 Å². The molecule has 1 aliphatic heterocycles. The van der Waals surface area contributed by atoms with Crippen LogP contribution in [0.5, 0.6) is 0 Å². The Hall–Kier alpha value is -0.160. The standard InChI is InChI=1S/C9H20N2O2/c1-5-6(4-10)13-9(2,3)8(11)7(5)12/h5-8,12H,4,10-11H2,1-3H3/t5-,6?,7?,8-/m0/s1. The molecule has 0 aromatic carbocycles. The van der Waals surface area contributed by atoms with Crippen molar-refractivity contribution in [1.82, 2.24) is 0 Å². The van der Waals surface area contributed by atoms with Crippen molar-refractivity contribution in [2.24, 2.45) is 17.4 Å². The average Bonchev–Trinajstić information content (AvgIpc) is 2.08. The second-order valence-electron chi connectivity index (χ2n) is 4.37. The third-order valence-corrected chi connectivity index (χ3v) is 2.98. The lowest BCUT2D eigenvalue weighted by Gasteiger charge is -2.47. The SMILES string of the molecule is C[C@H]1C(CN)OC(C)(C)[C@@H](N)C1O. The molecule has 0 aliphatic carbocycles. The van der Waals surface area contributed by atoms with Gasteiger partial charge in [-0.1, -0.05) is 6.92 Å². The molecule has 1 rings (SSSR count). The van der Waals surface area contributed by atoms with Crippen LogP contribution in [0.15, 0.2) is 0 Å². The fourth-order valence-electron chi connectivity index (χ4n) is 1.80. The predicted octanol–water partition coefficient (Wildman–Crippen LogP) is -0.553. The third-order valence-electron chi connectivity index (χ3n) is 2.98. The van der Waals surface area contributed by atoms with Gasteiger partial charge in [-0.25, -0.2) is 0 Å². The highest BCUT2D eigenvalue weighted by Crippen LogP contribution is 2.30. The van der Waals surface area contributed by atoms with E-state index in [-0.39, 0.29) is 18.1 Å². The first-order valence-corrected chi connectivity index (χ1v) is 4.71. The number of aliphatic hydroxyl groups is 1. The Morgan fingerprint density at radius 3 is 2.46 bits per heavy atom. The molecule has 0 aromatic heterocycles. The first-order valence-electron chi connectivity index (χ1n) is 4.71. The fourth-order valence-corrected chi connectivity index (χ4v) is 1.80. The van der Waals surface area contributed by atoms with Crippen molar-refractivity contribution in [2.75, 3.05) is 6.54 Å². The smallest absolute Gasteiger partial charge is 0.0806 e. The van der Waals surface area contributed by atoms with Gasteiger partial charge in [0.15, 0.2) is 0 Å². The summed E-state index contributed by atoms with van der Waals surface area (Å²) in [5, 5.41) is 9.82. The van der Waals surface area contributed by atoms with Gasteiger partial charge in [-0.2, -0.15) is 0 Å². The minimum atomic E-state index is -0.530. The van der Waals surface area contributed by atoms with Crippen LogP contribution < -0.4 is 11.5 Å². The van der Waals surface area contributed by atoms with Crippen molar-refractivity contribution in [3.63, 3.8) is 0 Å². The van der Waals surface area contributed by atoms with Crippen LogP contribution in [0, 0.1) is 5.92 Å². The Balaban J connectivity index is 2.79. The molecule has 0 spiro atoms. The molecule has 13 heavy (non-hydrogen) atoms. The van der Waals surface area contributed by atoms with Gasteiger partial charge >= 0.3 is 0 Å². The van der Waals surface area contributed by atoms with Crippen LogP contribution in [0.3, 0.4) is 0 Å². The number of ether oxygens (including phenoxy) is 1. The molecular formula is C9H20N2O2. The zero-order valence-electron chi connectivity index (χ0n) is 8.53. The Kier molecular flexibility index (Phi) is 2.97. The van der Waals surface area contributed by atoms with Crippen molar-refractivity contribution in [2.45, 2.75) is 44.6 Å². The van der Waals surface area contributed by atoms with E-state index in [2.05, 4.69) is 0 Å². The number of aliphatic hydroxyl groups excluding tert-OH is 1. The van der Waals surface area contributed by atoms with Crippen LogP contribution in [0.1, 0.15) is 20.8 Å². The zero-order valence-corrected chi connectivity index (χ0v) is 8.53. The number of hydrogen-bond acceptors (Lipinski definition) is 4. The Labute approximate surface area is 79.2 Å². The van der Waals surface area contributed by atoms with Crippen LogP contribution in [-0.2, 0) is 4.74 Å². The number of rotatable bonds is 1. The summed E-state index contributed by atoms with van der Waals surface area (Å²) in [6.45, 7) is 6.11. The molecule has 0 bridgehead atoms. The number of nitrogens with two attached hydrogens (primary N) is 2. The van der Waals surface area contributed by atoms with Gasteiger partial charge in [0.1, 0.15) is 0 Å². The lowest BCUT2D eigenvalue weighted by molar-refractivity contribution is -0.181. The van der Waals surface area contributed by atoms with Gasteiger partial charge < -0.3 is 21.3 Å². The van der Waals surface area contributed by atoms with Crippen LogP contribution in [-0.4, -0.2) is 35.5 Å². The summed E-state index contributed by atoms with van der Waals surface area (Å²) in [5.74, 6) is 0.00743. The van der Waals surface area contributed by atoms with Crippen LogP contribution in [0.4, 0.5) is 0 Å². The number of hydrogen-bond donors (Lipinski definition) is 3. The van der Waals surface area contributed by atoms with E-state index in [4.69, 9.17) is 16.2 Å². The largest absolute Gasteiger partial charge is 0.391 e. The summed E-state index contributed by atoms with van der Waals surface area (Å²) >= 11 is 0. The molecule has 1 fully saturated rings. The maximum Gasteiger partial charge on any atom is 0.0806 e. The Morgan fingerprint density at radius 2 is 2.00 bits per heavy atom. The molecule has 0 amide bonds. The van der Waals surface area contributed by atoms with E-state index in [1.165, 1.54) is 0 Å². The molecule has 1 aliphatic rings. The van der Waals surface area contributed by atoms with Gasteiger partial charge in [0.2, 0.25) is 0 Å². The summed E-state index contributed by atoms with van der Waals surface area (Å²) in [7, 11) is 0. The third kappa shape index (κ3) is 1.86. The van der Waals surface area contributed by atoms with Gasteiger partial charge in [0.25, 0.3) is 0 Å². The van der Waals surface area contributed by atoms with E-state index in [1.54, 1.807) is 0 Å². The van der Waals surface area contributed by atoms with Crippen molar-refractivity contribution < 1.29 is 9.84 Å². The fraction of sp³-hybridized carbons (Fsp3) is 1.00. The second kappa shape index (κ2) is 3.53. The highest BCUT2D eigenvalue weighted by molar-refractivity contribution is 4.98. The maximum atomic E-state index is 9.82. The Morgan fingerprint density at radius 1 is 1.46 bits per heavy atom. The van der Waals surface area contributed by atoms with Gasteiger partial charge in [-0.05, 0) is 13.8 Å². The molecule has 0 radical (unpaired) electrons. The quantitative estimate of drug-likeness (QED) is 0.515. The average molecular weight is 188 g/mol. The molecule has 78 valence electrons. The summed E-state index contributed by atoms with van der Waals surface area (Å²) < 4.78 is 5.71. The van der Waals surface area contributed by atoms with Gasteiger partial charge in [-0.3, -0.25) is 0 Å². The highest BCUT2D eigenvalue weighted by Gasteiger charge is 2.44. The van der Waals surface area contributed by atoms with Crippen molar-refractivity contribution >= 4 is 0 Å². The molecule has 2 unspecified atom stereocenters. The molecule has 0 aromatic rings. The lowest BCUT2D eigenvalue weighted by atomic mass is 9.81. The monoisotopic (exact) mass is 188 g/mol. The summed E-state index contributed by atoms with van der Waals surface area (Å²) in [6.07, 6.45) is -0.623. The van der Waals surface area contributed by atoms with E-state index < -0.39 is 11.7 Å². The van der Waals surface area contributed by atoms with Gasteiger partial charge in [0, 0.05) is 12.5 Å². The second-order valence-corrected chi connectivity index (χ2v) is 4.37. The highest BCUT2D eigenvalue weighted by atomic mass is 16.5. The molecular weight excluding hydrogens is 168 g/mol. The minimum absolute atomic E-state index is 0.00743. The summed E-state index contributed by atoms with van der Waals surface area (Å²) in [4.78, 5) is 0. The van der Waals surface area contributed by atoms with Crippen molar-refractivity contribution in [3.8, 4) is 0 Å². The minimum Gasteiger partial charge on any atom is -0.391 e. The van der Waals surface area contributed by atoms with E-state index in [9.17, 15) is 5.11 Å². The van der Waals surface area contributed by atoms with E-state index in [0.29, 0.717) is 6.54 Å². The van der Waals surface area contributed by atoms with E-state index >= 15 is 0 Å². The molecule has 4 nitrogen and oxygen atoms in total. The van der Waals surface area contributed by atoms with Crippen LogP contribution >= 0.6 is 0 Å². The molecule has 1 saturated heterocycles. The molecule has 1 heterocycles. The normalized spacial score (nSPS) is 44.8. The maximum absolute atomic E-state index is 9.82. The first-order chi connectivity index (χ1) is 5.90. The Bertz CT molecular complexity index is 182. The predicted molar refractivity (Wildman–Crippen MR) is 51.2 cm³/mol. The van der Waals surface area contributed by atoms with E-state index in [0.717, 1.165) is 0 Å². The summed E-state index contributed by atoms with van der Waals surface area (Å²) in [6, 6.07) is -0.342. The lowest BCUT2D eigenvalue weighted by Crippen LogP contribution is -2.63. The van der Waals surface area contributed by atoms with Crippen molar-refractivity contribution in [1.29, 1.82) is 0 Å². The van der Waals surface area contributed by atoms with Crippen molar-refractivity contribution in [3.05, 3.63) is 0 Å².